The molecule has 2 rings (SSSR count). The zero-order valence-corrected chi connectivity index (χ0v) is 10.6. The van der Waals surface area contributed by atoms with Crippen LogP contribution in [-0.4, -0.2) is 43.5 Å². The Labute approximate surface area is 102 Å². The highest BCUT2D eigenvalue weighted by Crippen LogP contribution is 2.21. The zero-order chi connectivity index (χ0) is 12.6. The molecule has 0 radical (unpaired) electrons. The number of carbonyl (C=O) groups excluding carboxylic acids is 1. The summed E-state index contributed by atoms with van der Waals surface area (Å²) in [6, 6.07) is 7.64. The molecule has 1 aromatic rings. The summed E-state index contributed by atoms with van der Waals surface area (Å²) in [5.41, 5.74) is 7.50. The molecule has 1 fully saturated rings. The van der Waals surface area contributed by atoms with E-state index in [0.717, 1.165) is 11.3 Å². The van der Waals surface area contributed by atoms with E-state index in [1.807, 2.05) is 50.2 Å². The maximum absolute atomic E-state index is 12.1. The number of rotatable bonds is 2. The molecule has 1 amide bonds. The minimum Gasteiger partial charge on any atom is -0.378 e. The molecule has 0 bridgehead atoms. The fourth-order valence-electron chi connectivity index (χ4n) is 2.05. The molecule has 1 aromatic carbocycles. The van der Waals surface area contributed by atoms with Crippen LogP contribution in [0.2, 0.25) is 0 Å². The van der Waals surface area contributed by atoms with Gasteiger partial charge in [0.05, 0.1) is 0 Å². The Balaban J connectivity index is 2.06. The summed E-state index contributed by atoms with van der Waals surface area (Å²) in [6.45, 7) is 3.24. The van der Waals surface area contributed by atoms with Gasteiger partial charge in [-0.25, -0.2) is 0 Å². The van der Waals surface area contributed by atoms with E-state index in [1.165, 1.54) is 0 Å². The van der Waals surface area contributed by atoms with Gasteiger partial charge in [0.2, 0.25) is 0 Å². The lowest BCUT2D eigenvalue weighted by atomic mass is 9.93. The van der Waals surface area contributed by atoms with Crippen LogP contribution < -0.4 is 10.6 Å². The minimum atomic E-state index is -0.209. The van der Waals surface area contributed by atoms with Gasteiger partial charge in [-0.05, 0) is 31.2 Å². The quantitative estimate of drug-likeness (QED) is 0.826. The normalized spacial score (nSPS) is 17.5. The van der Waals surface area contributed by atoms with Crippen molar-refractivity contribution < 1.29 is 4.79 Å². The number of benzene rings is 1. The van der Waals surface area contributed by atoms with Gasteiger partial charge in [0.25, 0.3) is 5.91 Å². The predicted octanol–water partition coefficient (Wildman–Crippen LogP) is 0.926. The Morgan fingerprint density at radius 3 is 2.24 bits per heavy atom. The van der Waals surface area contributed by atoms with Gasteiger partial charge in [0.15, 0.2) is 0 Å². The van der Waals surface area contributed by atoms with E-state index in [9.17, 15) is 4.79 Å². The second-order valence-corrected chi connectivity index (χ2v) is 5.26. The number of likely N-dealkylation sites (tertiary alicyclic amines) is 1. The summed E-state index contributed by atoms with van der Waals surface area (Å²) in [7, 11) is 3.96. The van der Waals surface area contributed by atoms with Crippen molar-refractivity contribution in [2.75, 3.05) is 32.1 Å². The topological polar surface area (TPSA) is 49.6 Å². The number of anilines is 1. The molecule has 17 heavy (non-hydrogen) atoms. The third-order valence-electron chi connectivity index (χ3n) is 3.02. The number of hydrogen-bond acceptors (Lipinski definition) is 3. The van der Waals surface area contributed by atoms with Crippen molar-refractivity contribution in [2.24, 2.45) is 5.73 Å². The average Bonchev–Trinajstić information content (AvgIpc) is 2.25. The van der Waals surface area contributed by atoms with Gasteiger partial charge in [0.1, 0.15) is 0 Å². The molecule has 0 saturated carbocycles. The molecule has 0 spiro atoms. The van der Waals surface area contributed by atoms with E-state index in [4.69, 9.17) is 5.73 Å². The van der Waals surface area contributed by atoms with Gasteiger partial charge in [-0.15, -0.1) is 0 Å². The number of nitrogens with zero attached hydrogens (tertiary/aromatic N) is 2. The molecule has 1 saturated heterocycles. The largest absolute Gasteiger partial charge is 0.378 e. The van der Waals surface area contributed by atoms with Crippen LogP contribution in [0.1, 0.15) is 17.3 Å². The van der Waals surface area contributed by atoms with Crippen molar-refractivity contribution in [1.29, 1.82) is 0 Å². The first kappa shape index (κ1) is 11.9. The van der Waals surface area contributed by atoms with Crippen LogP contribution in [-0.2, 0) is 0 Å². The highest BCUT2D eigenvalue weighted by atomic mass is 16.2. The molecule has 0 unspecified atom stereocenters. The van der Waals surface area contributed by atoms with Gasteiger partial charge in [-0.1, -0.05) is 0 Å². The van der Waals surface area contributed by atoms with Gasteiger partial charge < -0.3 is 15.5 Å². The molecular weight excluding hydrogens is 214 g/mol. The van der Waals surface area contributed by atoms with Crippen molar-refractivity contribution in [1.82, 2.24) is 4.90 Å². The second kappa shape index (κ2) is 4.04. The van der Waals surface area contributed by atoms with Crippen LogP contribution in [0.5, 0.6) is 0 Å². The Morgan fingerprint density at radius 1 is 1.29 bits per heavy atom. The Morgan fingerprint density at radius 2 is 1.82 bits per heavy atom. The van der Waals surface area contributed by atoms with Gasteiger partial charge in [-0.2, -0.15) is 0 Å². The van der Waals surface area contributed by atoms with E-state index in [-0.39, 0.29) is 11.4 Å². The molecule has 0 aliphatic carbocycles. The first-order valence-corrected chi connectivity index (χ1v) is 5.75. The first-order valence-electron chi connectivity index (χ1n) is 5.75. The average molecular weight is 233 g/mol. The van der Waals surface area contributed by atoms with Crippen LogP contribution in [0.3, 0.4) is 0 Å². The van der Waals surface area contributed by atoms with Crippen LogP contribution in [0.15, 0.2) is 24.3 Å². The molecule has 1 aliphatic heterocycles. The number of nitrogens with two attached hydrogens (primary N) is 1. The summed E-state index contributed by atoms with van der Waals surface area (Å²) in [4.78, 5) is 15.8. The lowest BCUT2D eigenvalue weighted by Crippen LogP contribution is -2.66. The third-order valence-corrected chi connectivity index (χ3v) is 3.02. The van der Waals surface area contributed by atoms with Crippen LogP contribution >= 0.6 is 0 Å². The summed E-state index contributed by atoms with van der Waals surface area (Å²) in [5, 5.41) is 0. The highest BCUT2D eigenvalue weighted by Gasteiger charge is 2.37. The van der Waals surface area contributed by atoms with E-state index in [1.54, 1.807) is 4.90 Å². The number of amides is 1. The summed E-state index contributed by atoms with van der Waals surface area (Å²) in [6.07, 6.45) is 0. The third kappa shape index (κ3) is 2.42. The lowest BCUT2D eigenvalue weighted by Gasteiger charge is -2.45. The Bertz CT molecular complexity index is 415. The molecule has 4 nitrogen and oxygen atoms in total. The van der Waals surface area contributed by atoms with Crippen LogP contribution in [0.4, 0.5) is 5.69 Å². The number of hydrogen-bond donors (Lipinski definition) is 1. The molecule has 1 heterocycles. The van der Waals surface area contributed by atoms with Gasteiger partial charge in [-0.3, -0.25) is 4.79 Å². The fraction of sp³-hybridized carbons (Fsp3) is 0.462. The molecule has 2 N–H and O–H groups in total. The highest BCUT2D eigenvalue weighted by molar-refractivity contribution is 5.95. The molecule has 4 heteroatoms. The Kier molecular flexibility index (Phi) is 2.83. The van der Waals surface area contributed by atoms with Crippen molar-refractivity contribution in [3.05, 3.63) is 29.8 Å². The standard InChI is InChI=1S/C13H19N3O/c1-13(14)8-16(9-13)12(17)10-4-6-11(7-5-10)15(2)3/h4-7H,8-9,14H2,1-3H3. The monoisotopic (exact) mass is 233 g/mol. The maximum Gasteiger partial charge on any atom is 0.253 e. The van der Waals surface area contributed by atoms with E-state index in [2.05, 4.69) is 0 Å². The number of carbonyl (C=O) groups is 1. The summed E-state index contributed by atoms with van der Waals surface area (Å²) < 4.78 is 0. The molecule has 1 aliphatic rings. The van der Waals surface area contributed by atoms with Crippen molar-refractivity contribution in [2.45, 2.75) is 12.5 Å². The SMILES string of the molecule is CN(C)c1ccc(C(=O)N2CC(C)(N)C2)cc1. The van der Waals surface area contributed by atoms with Gasteiger partial charge in [0, 0.05) is 44.0 Å². The zero-order valence-electron chi connectivity index (χ0n) is 10.6. The molecule has 92 valence electrons. The van der Waals surface area contributed by atoms with Gasteiger partial charge >= 0.3 is 0 Å². The molecular formula is C13H19N3O. The maximum atomic E-state index is 12.1. The minimum absolute atomic E-state index is 0.0678. The first-order chi connectivity index (χ1) is 7.89. The van der Waals surface area contributed by atoms with Crippen molar-refractivity contribution in [3.8, 4) is 0 Å². The van der Waals surface area contributed by atoms with E-state index in [0.29, 0.717) is 13.1 Å². The second-order valence-electron chi connectivity index (χ2n) is 5.26. The fourth-order valence-corrected chi connectivity index (χ4v) is 2.05. The van der Waals surface area contributed by atoms with Crippen LogP contribution in [0.25, 0.3) is 0 Å². The molecule has 0 aromatic heterocycles. The molecule has 0 atom stereocenters. The van der Waals surface area contributed by atoms with E-state index < -0.39 is 0 Å². The summed E-state index contributed by atoms with van der Waals surface area (Å²) in [5.74, 6) is 0.0678. The van der Waals surface area contributed by atoms with Crippen LogP contribution in [0, 0.1) is 0 Å². The lowest BCUT2D eigenvalue weighted by molar-refractivity contribution is 0.0454. The predicted molar refractivity (Wildman–Crippen MR) is 69.3 cm³/mol. The van der Waals surface area contributed by atoms with E-state index >= 15 is 0 Å². The van der Waals surface area contributed by atoms with Crippen molar-refractivity contribution in [3.63, 3.8) is 0 Å². The summed E-state index contributed by atoms with van der Waals surface area (Å²) >= 11 is 0. The smallest absolute Gasteiger partial charge is 0.253 e. The Hall–Kier alpha value is -1.55. The van der Waals surface area contributed by atoms with Crippen molar-refractivity contribution >= 4 is 11.6 Å².